The fourth-order valence-electron chi connectivity index (χ4n) is 4.59. The summed E-state index contributed by atoms with van der Waals surface area (Å²) in [6.07, 6.45) is 3.80. The zero-order chi connectivity index (χ0) is 21.2. The van der Waals surface area contributed by atoms with Gasteiger partial charge in [-0.25, -0.2) is 4.98 Å². The summed E-state index contributed by atoms with van der Waals surface area (Å²) in [7, 11) is 0. The first-order valence-electron chi connectivity index (χ1n) is 11.1. The molecule has 0 aliphatic carbocycles. The molecule has 1 saturated heterocycles. The number of nitrogens with zero attached hydrogens (tertiary/aromatic N) is 3. The quantitative estimate of drug-likeness (QED) is 0.520. The first-order chi connectivity index (χ1) is 15.2. The molecule has 1 atom stereocenters. The molecule has 3 heterocycles. The van der Waals surface area contributed by atoms with Crippen LogP contribution in [0.2, 0.25) is 0 Å². The molecular formula is C26H28N4O. The number of carbonyl (C=O) groups is 1. The van der Waals surface area contributed by atoms with Gasteiger partial charge in [0.25, 0.3) is 0 Å². The van der Waals surface area contributed by atoms with Crippen LogP contribution in [0.15, 0.2) is 72.9 Å². The van der Waals surface area contributed by atoms with Crippen LogP contribution in [-0.4, -0.2) is 34.9 Å². The lowest BCUT2D eigenvalue weighted by Gasteiger charge is -2.33. The van der Waals surface area contributed by atoms with Gasteiger partial charge in [0.1, 0.15) is 0 Å². The molecule has 4 aromatic rings. The van der Waals surface area contributed by atoms with Crippen molar-refractivity contribution in [1.82, 2.24) is 14.7 Å². The van der Waals surface area contributed by atoms with Gasteiger partial charge >= 0.3 is 0 Å². The molecular weight excluding hydrogens is 384 g/mol. The van der Waals surface area contributed by atoms with Crippen LogP contribution in [0.5, 0.6) is 0 Å². The molecule has 158 valence electrons. The summed E-state index contributed by atoms with van der Waals surface area (Å²) >= 11 is 0. The summed E-state index contributed by atoms with van der Waals surface area (Å²) in [4.78, 5) is 20.1. The van der Waals surface area contributed by atoms with Crippen molar-refractivity contribution in [3.63, 3.8) is 0 Å². The monoisotopic (exact) mass is 412 g/mol. The number of nitrogens with one attached hydrogen (secondary N) is 1. The molecule has 1 amide bonds. The van der Waals surface area contributed by atoms with E-state index in [0.29, 0.717) is 12.5 Å². The summed E-state index contributed by atoms with van der Waals surface area (Å²) in [6, 6.07) is 22.8. The van der Waals surface area contributed by atoms with Crippen LogP contribution in [0.3, 0.4) is 0 Å². The number of piperidine rings is 1. The van der Waals surface area contributed by atoms with Gasteiger partial charge in [0.15, 0.2) is 5.82 Å². The number of para-hydroxylation sites is 2. The number of carbonyl (C=O) groups excluding carboxylic acids is 1. The van der Waals surface area contributed by atoms with Gasteiger partial charge in [-0.2, -0.15) is 0 Å². The maximum Gasteiger partial charge on any atom is 0.223 e. The predicted octanol–water partition coefficient (Wildman–Crippen LogP) is 4.62. The Morgan fingerprint density at radius 2 is 1.71 bits per heavy atom. The topological polar surface area (TPSA) is 49.6 Å². The van der Waals surface area contributed by atoms with Gasteiger partial charge in [0, 0.05) is 31.7 Å². The molecule has 0 bridgehead atoms. The third-order valence-electron chi connectivity index (χ3n) is 6.46. The van der Waals surface area contributed by atoms with Crippen LogP contribution < -0.4 is 10.2 Å². The van der Waals surface area contributed by atoms with E-state index < -0.39 is 0 Å². The Bertz CT molecular complexity index is 1190. The maximum atomic E-state index is 12.8. The van der Waals surface area contributed by atoms with Crippen molar-refractivity contribution in [2.24, 2.45) is 5.92 Å². The zero-order valence-electron chi connectivity index (χ0n) is 17.9. The number of hydrogen-bond donors (Lipinski definition) is 1. The van der Waals surface area contributed by atoms with E-state index in [0.717, 1.165) is 48.3 Å². The molecule has 5 nitrogen and oxygen atoms in total. The van der Waals surface area contributed by atoms with Crippen LogP contribution >= 0.6 is 0 Å². The van der Waals surface area contributed by atoms with Crippen molar-refractivity contribution < 1.29 is 4.79 Å². The molecule has 2 aromatic carbocycles. The van der Waals surface area contributed by atoms with Crippen molar-refractivity contribution in [3.8, 4) is 0 Å². The van der Waals surface area contributed by atoms with Crippen LogP contribution in [0, 0.1) is 5.92 Å². The molecule has 1 fully saturated rings. The van der Waals surface area contributed by atoms with E-state index in [1.165, 1.54) is 5.56 Å². The standard InChI is InChI=1S/C26H28N4O/c1-19(20-8-3-2-4-9-20)18-27-26(31)21-13-16-29(17-14-21)25-24-12-7-15-30(24)23-11-6-5-10-22(23)28-25/h2-12,15,19,21H,13-14,16-18H2,1H3,(H,27,31)/t19-/m1/s1. The molecule has 0 radical (unpaired) electrons. The minimum atomic E-state index is 0.0717. The summed E-state index contributed by atoms with van der Waals surface area (Å²) < 4.78 is 2.21. The number of aromatic nitrogens is 2. The average molecular weight is 413 g/mol. The fourth-order valence-corrected chi connectivity index (χ4v) is 4.59. The summed E-state index contributed by atoms with van der Waals surface area (Å²) in [5, 5.41) is 3.18. The lowest BCUT2D eigenvalue weighted by molar-refractivity contribution is -0.125. The Kier molecular flexibility index (Phi) is 5.33. The molecule has 2 aromatic heterocycles. The molecule has 5 heteroatoms. The largest absolute Gasteiger partial charge is 0.355 e. The zero-order valence-corrected chi connectivity index (χ0v) is 17.9. The van der Waals surface area contributed by atoms with Crippen molar-refractivity contribution in [2.75, 3.05) is 24.5 Å². The van der Waals surface area contributed by atoms with Gasteiger partial charge < -0.3 is 14.6 Å². The smallest absolute Gasteiger partial charge is 0.223 e. The highest BCUT2D eigenvalue weighted by molar-refractivity contribution is 5.85. The Morgan fingerprint density at radius 1 is 1.00 bits per heavy atom. The van der Waals surface area contributed by atoms with Gasteiger partial charge in [-0.05, 0) is 48.6 Å². The molecule has 0 saturated carbocycles. The molecule has 1 aliphatic rings. The predicted molar refractivity (Wildman–Crippen MR) is 126 cm³/mol. The van der Waals surface area contributed by atoms with E-state index >= 15 is 0 Å². The number of rotatable bonds is 5. The lowest BCUT2D eigenvalue weighted by atomic mass is 9.95. The first kappa shape index (κ1) is 19.6. The molecule has 0 spiro atoms. The number of hydrogen-bond acceptors (Lipinski definition) is 3. The second-order valence-electron chi connectivity index (χ2n) is 8.51. The first-order valence-corrected chi connectivity index (χ1v) is 11.1. The van der Waals surface area contributed by atoms with E-state index in [1.54, 1.807) is 0 Å². The molecule has 1 aliphatic heterocycles. The third-order valence-corrected chi connectivity index (χ3v) is 6.46. The Morgan fingerprint density at radius 3 is 2.52 bits per heavy atom. The number of benzene rings is 2. The third kappa shape index (κ3) is 3.88. The SMILES string of the molecule is C[C@H](CNC(=O)C1CCN(c2nc3ccccc3n3cccc23)CC1)c1ccccc1. The Balaban J connectivity index is 1.24. The Labute approximate surface area is 182 Å². The van der Waals surface area contributed by atoms with Crippen molar-refractivity contribution in [3.05, 3.63) is 78.5 Å². The van der Waals surface area contributed by atoms with Crippen LogP contribution in [-0.2, 0) is 4.79 Å². The summed E-state index contributed by atoms with van der Waals surface area (Å²) in [5.74, 6) is 1.58. The minimum Gasteiger partial charge on any atom is -0.355 e. The van der Waals surface area contributed by atoms with Gasteiger partial charge in [-0.1, -0.05) is 49.4 Å². The van der Waals surface area contributed by atoms with Crippen molar-refractivity contribution in [1.29, 1.82) is 0 Å². The minimum absolute atomic E-state index is 0.0717. The highest BCUT2D eigenvalue weighted by atomic mass is 16.1. The molecule has 1 N–H and O–H groups in total. The molecule has 5 rings (SSSR count). The highest BCUT2D eigenvalue weighted by Crippen LogP contribution is 2.29. The highest BCUT2D eigenvalue weighted by Gasteiger charge is 2.27. The van der Waals surface area contributed by atoms with Gasteiger partial charge in [0.2, 0.25) is 5.91 Å². The Hall–Kier alpha value is -3.34. The van der Waals surface area contributed by atoms with Gasteiger partial charge in [-0.15, -0.1) is 0 Å². The summed E-state index contributed by atoms with van der Waals surface area (Å²) in [6.45, 7) is 4.53. The second kappa shape index (κ2) is 8.42. The fraction of sp³-hybridized carbons (Fsp3) is 0.308. The van der Waals surface area contributed by atoms with Gasteiger partial charge in [-0.3, -0.25) is 4.79 Å². The van der Waals surface area contributed by atoms with Crippen LogP contribution in [0.4, 0.5) is 5.82 Å². The van der Waals surface area contributed by atoms with Gasteiger partial charge in [0.05, 0.1) is 16.6 Å². The average Bonchev–Trinajstić information content (AvgIpc) is 3.33. The van der Waals surface area contributed by atoms with Crippen LogP contribution in [0.25, 0.3) is 16.6 Å². The number of anilines is 1. The molecule has 0 unspecified atom stereocenters. The van der Waals surface area contributed by atoms with E-state index in [9.17, 15) is 4.79 Å². The van der Waals surface area contributed by atoms with E-state index in [1.807, 2.05) is 30.3 Å². The second-order valence-corrected chi connectivity index (χ2v) is 8.51. The normalized spacial score (nSPS) is 16.0. The van der Waals surface area contributed by atoms with E-state index in [2.05, 4.69) is 64.1 Å². The van der Waals surface area contributed by atoms with Crippen molar-refractivity contribution >= 4 is 28.3 Å². The van der Waals surface area contributed by atoms with E-state index in [-0.39, 0.29) is 11.8 Å². The van der Waals surface area contributed by atoms with E-state index in [4.69, 9.17) is 4.98 Å². The number of amides is 1. The van der Waals surface area contributed by atoms with Crippen LogP contribution in [0.1, 0.15) is 31.2 Å². The lowest BCUT2D eigenvalue weighted by Crippen LogP contribution is -2.41. The maximum absolute atomic E-state index is 12.8. The molecule has 31 heavy (non-hydrogen) atoms. The summed E-state index contributed by atoms with van der Waals surface area (Å²) in [5.41, 5.74) is 4.50. The number of fused-ring (bicyclic) bond motifs is 3. The van der Waals surface area contributed by atoms with Crippen molar-refractivity contribution in [2.45, 2.75) is 25.7 Å².